The summed E-state index contributed by atoms with van der Waals surface area (Å²) in [6, 6.07) is 9.09. The van der Waals surface area contributed by atoms with Gasteiger partial charge in [0.2, 0.25) is 5.91 Å². The van der Waals surface area contributed by atoms with Gasteiger partial charge in [-0.2, -0.15) is 0 Å². The Morgan fingerprint density at radius 1 is 1.24 bits per heavy atom. The molecule has 1 N–H and O–H groups in total. The van der Waals surface area contributed by atoms with Crippen LogP contribution < -0.4 is 5.32 Å². The van der Waals surface area contributed by atoms with Crippen molar-refractivity contribution in [2.24, 2.45) is 5.92 Å². The summed E-state index contributed by atoms with van der Waals surface area (Å²) < 4.78 is 0. The lowest BCUT2D eigenvalue weighted by atomic mass is 9.86. The summed E-state index contributed by atoms with van der Waals surface area (Å²) in [6.45, 7) is 8.46. The molecule has 1 fully saturated rings. The summed E-state index contributed by atoms with van der Waals surface area (Å²) in [5.41, 5.74) is -0.148. The molecule has 1 saturated heterocycles. The van der Waals surface area contributed by atoms with E-state index in [4.69, 9.17) is 0 Å². The largest absolute Gasteiger partial charge is 0.336 e. The molecule has 1 heterocycles. The fourth-order valence-electron chi connectivity index (χ4n) is 2.93. The molecule has 0 aliphatic carbocycles. The third-order valence-electron chi connectivity index (χ3n) is 4.04. The van der Waals surface area contributed by atoms with E-state index in [1.165, 1.54) is 0 Å². The van der Waals surface area contributed by atoms with Gasteiger partial charge in [0.25, 0.3) is 5.91 Å². The topological polar surface area (TPSA) is 49.4 Å². The van der Waals surface area contributed by atoms with E-state index in [2.05, 4.69) is 19.2 Å². The number of amides is 2. The molecule has 0 spiro atoms. The van der Waals surface area contributed by atoms with E-state index in [0.717, 1.165) is 5.56 Å². The highest BCUT2D eigenvalue weighted by Gasteiger charge is 2.48. The van der Waals surface area contributed by atoms with Crippen molar-refractivity contribution in [3.8, 4) is 0 Å². The van der Waals surface area contributed by atoms with Crippen molar-refractivity contribution in [1.29, 1.82) is 0 Å². The Bertz CT molecular complexity index is 527. The van der Waals surface area contributed by atoms with Crippen LogP contribution in [0.4, 0.5) is 0 Å². The molecule has 1 aliphatic rings. The summed E-state index contributed by atoms with van der Waals surface area (Å²) in [6.07, 6.45) is 0.634. The Labute approximate surface area is 126 Å². The van der Waals surface area contributed by atoms with Crippen LogP contribution in [0.15, 0.2) is 30.3 Å². The maximum absolute atomic E-state index is 13.0. The lowest BCUT2D eigenvalue weighted by Crippen LogP contribution is -2.67. The molecule has 2 unspecified atom stereocenters. The van der Waals surface area contributed by atoms with Gasteiger partial charge in [-0.3, -0.25) is 9.59 Å². The third-order valence-corrected chi connectivity index (χ3v) is 4.04. The molecule has 1 aliphatic heterocycles. The predicted molar refractivity (Wildman–Crippen MR) is 82.6 cm³/mol. The molecule has 4 nitrogen and oxygen atoms in total. The molecule has 2 rings (SSSR count). The van der Waals surface area contributed by atoms with Crippen LogP contribution >= 0.6 is 0 Å². The van der Waals surface area contributed by atoms with Gasteiger partial charge in [0.05, 0.1) is 0 Å². The quantitative estimate of drug-likeness (QED) is 0.924. The first-order valence-electron chi connectivity index (χ1n) is 7.58. The summed E-state index contributed by atoms with van der Waals surface area (Å²) >= 11 is 0. The zero-order valence-electron chi connectivity index (χ0n) is 13.2. The van der Waals surface area contributed by atoms with Crippen molar-refractivity contribution in [3.63, 3.8) is 0 Å². The molecule has 1 aromatic carbocycles. The van der Waals surface area contributed by atoms with E-state index in [1.54, 1.807) is 11.8 Å². The summed E-state index contributed by atoms with van der Waals surface area (Å²) in [7, 11) is 0. The zero-order chi connectivity index (χ0) is 15.6. The van der Waals surface area contributed by atoms with Crippen molar-refractivity contribution < 1.29 is 9.59 Å². The average Bonchev–Trinajstić information content (AvgIpc) is 2.45. The van der Waals surface area contributed by atoms with E-state index in [0.29, 0.717) is 18.9 Å². The molecule has 114 valence electrons. The molecular weight excluding hydrogens is 264 g/mol. The smallest absolute Gasteiger partial charge is 0.253 e. The standard InChI is InChI=1S/C17H24N2O2/c1-5-14-15(20)18-17(4,13-9-7-6-8-10-13)16(21)19(14)11-12(2)3/h6-10,12,14H,5,11H2,1-4H3,(H,18,20). The van der Waals surface area contributed by atoms with E-state index in [9.17, 15) is 9.59 Å². The molecule has 0 saturated carbocycles. The van der Waals surface area contributed by atoms with Gasteiger partial charge in [-0.05, 0) is 24.8 Å². The number of hydrogen-bond acceptors (Lipinski definition) is 2. The summed E-state index contributed by atoms with van der Waals surface area (Å²) in [5, 5.41) is 2.93. The first-order valence-corrected chi connectivity index (χ1v) is 7.58. The van der Waals surface area contributed by atoms with Crippen LogP contribution in [0.2, 0.25) is 0 Å². The van der Waals surface area contributed by atoms with Crippen molar-refractivity contribution in [2.75, 3.05) is 6.54 Å². The number of nitrogens with zero attached hydrogens (tertiary/aromatic N) is 1. The number of rotatable bonds is 4. The average molecular weight is 288 g/mol. The zero-order valence-corrected chi connectivity index (χ0v) is 13.2. The summed E-state index contributed by atoms with van der Waals surface area (Å²) in [5.74, 6) is 0.242. The van der Waals surface area contributed by atoms with Gasteiger partial charge < -0.3 is 10.2 Å². The second kappa shape index (κ2) is 5.88. The van der Waals surface area contributed by atoms with E-state index < -0.39 is 5.54 Å². The SMILES string of the molecule is CCC1C(=O)NC(C)(c2ccccc2)C(=O)N1CC(C)C. The van der Waals surface area contributed by atoms with Crippen LogP contribution in [-0.2, 0) is 15.1 Å². The first kappa shape index (κ1) is 15.5. The van der Waals surface area contributed by atoms with E-state index >= 15 is 0 Å². The predicted octanol–water partition coefficient (Wildman–Crippen LogP) is 2.29. The molecule has 0 bridgehead atoms. The molecule has 0 aromatic heterocycles. The fraction of sp³-hybridized carbons (Fsp3) is 0.529. The van der Waals surface area contributed by atoms with Gasteiger partial charge in [0.15, 0.2) is 0 Å². The second-order valence-electron chi connectivity index (χ2n) is 6.26. The van der Waals surface area contributed by atoms with Crippen LogP contribution in [0.3, 0.4) is 0 Å². The van der Waals surface area contributed by atoms with Gasteiger partial charge >= 0.3 is 0 Å². The maximum atomic E-state index is 13.0. The molecule has 0 radical (unpaired) electrons. The van der Waals surface area contributed by atoms with Crippen molar-refractivity contribution in [1.82, 2.24) is 10.2 Å². The van der Waals surface area contributed by atoms with Gasteiger partial charge in [-0.25, -0.2) is 0 Å². The van der Waals surface area contributed by atoms with Gasteiger partial charge in [-0.15, -0.1) is 0 Å². The number of hydrogen-bond donors (Lipinski definition) is 1. The Kier molecular flexibility index (Phi) is 4.35. The third kappa shape index (κ3) is 2.80. The Hall–Kier alpha value is -1.84. The van der Waals surface area contributed by atoms with Crippen LogP contribution in [-0.4, -0.2) is 29.3 Å². The number of benzene rings is 1. The van der Waals surface area contributed by atoms with Crippen molar-refractivity contribution >= 4 is 11.8 Å². The highest BCUT2D eigenvalue weighted by molar-refractivity contribution is 6.00. The molecule has 1 aromatic rings. The lowest BCUT2D eigenvalue weighted by molar-refractivity contribution is -0.155. The van der Waals surface area contributed by atoms with Crippen LogP contribution in [0.25, 0.3) is 0 Å². The highest BCUT2D eigenvalue weighted by Crippen LogP contribution is 2.29. The van der Waals surface area contributed by atoms with Crippen LogP contribution in [0.5, 0.6) is 0 Å². The van der Waals surface area contributed by atoms with Gasteiger partial charge in [0, 0.05) is 6.54 Å². The van der Waals surface area contributed by atoms with Crippen molar-refractivity contribution in [3.05, 3.63) is 35.9 Å². The second-order valence-corrected chi connectivity index (χ2v) is 6.26. The molecule has 2 atom stereocenters. The number of nitrogens with one attached hydrogen (secondary N) is 1. The van der Waals surface area contributed by atoms with Gasteiger partial charge in [0.1, 0.15) is 11.6 Å². The van der Waals surface area contributed by atoms with Crippen LogP contribution in [0.1, 0.15) is 39.7 Å². The fourth-order valence-corrected chi connectivity index (χ4v) is 2.93. The van der Waals surface area contributed by atoms with Gasteiger partial charge in [-0.1, -0.05) is 51.1 Å². The number of carbonyl (C=O) groups excluding carboxylic acids is 2. The first-order chi connectivity index (χ1) is 9.90. The Morgan fingerprint density at radius 3 is 2.38 bits per heavy atom. The van der Waals surface area contributed by atoms with Crippen LogP contribution in [0, 0.1) is 5.92 Å². The Morgan fingerprint density at radius 2 is 1.86 bits per heavy atom. The molecule has 21 heavy (non-hydrogen) atoms. The minimum atomic E-state index is -0.973. The lowest BCUT2D eigenvalue weighted by Gasteiger charge is -2.45. The Balaban J connectivity index is 2.41. The van der Waals surface area contributed by atoms with E-state index in [1.807, 2.05) is 37.3 Å². The summed E-state index contributed by atoms with van der Waals surface area (Å²) in [4.78, 5) is 27.2. The molecular formula is C17H24N2O2. The molecule has 2 amide bonds. The number of piperazine rings is 1. The highest BCUT2D eigenvalue weighted by atomic mass is 16.2. The molecule has 4 heteroatoms. The van der Waals surface area contributed by atoms with E-state index in [-0.39, 0.29) is 17.9 Å². The monoisotopic (exact) mass is 288 g/mol. The van der Waals surface area contributed by atoms with Crippen molar-refractivity contribution in [2.45, 2.75) is 45.7 Å². The minimum Gasteiger partial charge on any atom is -0.336 e. The maximum Gasteiger partial charge on any atom is 0.253 e. The minimum absolute atomic E-state index is 0.0196. The normalized spacial score (nSPS) is 26.1. The number of carbonyl (C=O) groups is 2.